The van der Waals surface area contributed by atoms with E-state index >= 15 is 0 Å². The zero-order valence-electron chi connectivity index (χ0n) is 17.5. The fourth-order valence-electron chi connectivity index (χ4n) is 3.61. The quantitative estimate of drug-likeness (QED) is 0.398. The molecule has 0 aliphatic heterocycles. The molecule has 0 aliphatic carbocycles. The number of Topliss-reactive ketones (excluding diaryl/α,β-unsaturated/α-hetero) is 1. The maximum atomic E-state index is 13.2. The van der Waals surface area contributed by atoms with Gasteiger partial charge in [0.15, 0.2) is 5.78 Å². The number of nitriles is 1. The molecule has 0 saturated heterocycles. The molecule has 8 nitrogen and oxygen atoms in total. The van der Waals surface area contributed by atoms with Crippen LogP contribution in [0.25, 0.3) is 5.69 Å². The van der Waals surface area contributed by atoms with Gasteiger partial charge in [-0.1, -0.05) is 0 Å². The minimum atomic E-state index is -0.381. The number of carbonyl (C=O) groups is 2. The predicted molar refractivity (Wildman–Crippen MR) is 114 cm³/mol. The molecule has 0 unspecified atom stereocenters. The average Bonchev–Trinajstić information content (AvgIpc) is 3.21. The van der Waals surface area contributed by atoms with Gasteiger partial charge in [0.2, 0.25) is 0 Å². The zero-order chi connectivity index (χ0) is 22.7. The molecule has 0 atom stereocenters. The molecule has 9 heteroatoms. The summed E-state index contributed by atoms with van der Waals surface area (Å²) in [6.45, 7) is 5.30. The maximum Gasteiger partial charge on any atom is 0.268 e. The molecular weight excluding hydrogens is 399 g/mol. The second kappa shape index (κ2) is 8.83. The lowest BCUT2D eigenvalue weighted by Crippen LogP contribution is -2.26. The number of halogens is 1. The van der Waals surface area contributed by atoms with Crippen LogP contribution >= 0.6 is 0 Å². The maximum absolute atomic E-state index is 13.2. The average molecular weight is 422 g/mol. The summed E-state index contributed by atoms with van der Waals surface area (Å²) in [7, 11) is 0. The summed E-state index contributed by atoms with van der Waals surface area (Å²) in [6.07, 6.45) is 0.946. The molecule has 1 amide bonds. The second-order valence-corrected chi connectivity index (χ2v) is 7.25. The van der Waals surface area contributed by atoms with E-state index in [1.807, 2.05) is 0 Å². The number of ketones is 1. The number of H-pyrrole nitrogens is 1. The Kier molecular flexibility index (Phi) is 6.20. The monoisotopic (exact) mass is 422 g/mol. The first-order valence-corrected chi connectivity index (χ1v) is 9.76. The van der Waals surface area contributed by atoms with Gasteiger partial charge in [-0.05, 0) is 63.4 Å². The Bertz CT molecular complexity index is 1180. The van der Waals surface area contributed by atoms with Gasteiger partial charge in [-0.15, -0.1) is 0 Å². The van der Waals surface area contributed by atoms with Gasteiger partial charge in [0.1, 0.15) is 29.0 Å². The van der Waals surface area contributed by atoms with Gasteiger partial charge in [-0.2, -0.15) is 10.4 Å². The number of hydrogen-bond acceptors (Lipinski definition) is 5. The van der Waals surface area contributed by atoms with Crippen molar-refractivity contribution in [1.29, 1.82) is 5.26 Å². The van der Waals surface area contributed by atoms with E-state index in [1.165, 1.54) is 35.9 Å². The first-order valence-electron chi connectivity index (χ1n) is 9.76. The van der Waals surface area contributed by atoms with Gasteiger partial charge >= 0.3 is 0 Å². The molecule has 0 radical (unpaired) electrons. The van der Waals surface area contributed by atoms with Crippen LogP contribution in [-0.4, -0.2) is 33.0 Å². The topological polar surface area (TPSA) is 130 Å². The fourth-order valence-corrected chi connectivity index (χ4v) is 3.61. The number of aromatic nitrogens is 3. The first-order chi connectivity index (χ1) is 14.7. The molecule has 31 heavy (non-hydrogen) atoms. The zero-order valence-corrected chi connectivity index (χ0v) is 17.5. The van der Waals surface area contributed by atoms with Crippen LogP contribution in [0.1, 0.15) is 56.7 Å². The highest BCUT2D eigenvalue weighted by atomic mass is 19.1. The smallest absolute Gasteiger partial charge is 0.268 e. The van der Waals surface area contributed by atoms with Crippen molar-refractivity contribution in [3.63, 3.8) is 0 Å². The van der Waals surface area contributed by atoms with Crippen molar-refractivity contribution in [2.75, 3.05) is 12.3 Å². The van der Waals surface area contributed by atoms with Crippen LogP contribution in [0.2, 0.25) is 0 Å². The van der Waals surface area contributed by atoms with Crippen LogP contribution in [0, 0.1) is 31.0 Å². The van der Waals surface area contributed by atoms with E-state index in [1.54, 1.807) is 13.8 Å². The van der Waals surface area contributed by atoms with Crippen molar-refractivity contribution in [1.82, 2.24) is 20.1 Å². The number of anilines is 1. The molecule has 0 fully saturated rings. The highest BCUT2D eigenvalue weighted by molar-refractivity contribution is 6.02. The van der Waals surface area contributed by atoms with Crippen LogP contribution in [0.5, 0.6) is 0 Å². The molecule has 3 rings (SSSR count). The predicted octanol–water partition coefficient (Wildman–Crippen LogP) is 2.98. The van der Waals surface area contributed by atoms with Crippen molar-refractivity contribution >= 4 is 17.5 Å². The van der Waals surface area contributed by atoms with E-state index in [4.69, 9.17) is 5.73 Å². The molecule has 0 spiro atoms. The number of rotatable bonds is 7. The number of nitrogens with one attached hydrogen (secondary N) is 2. The Morgan fingerprint density at radius 3 is 2.55 bits per heavy atom. The van der Waals surface area contributed by atoms with Crippen molar-refractivity contribution < 1.29 is 14.0 Å². The van der Waals surface area contributed by atoms with E-state index < -0.39 is 0 Å². The number of benzene rings is 1. The normalized spacial score (nSPS) is 10.7. The lowest BCUT2D eigenvalue weighted by atomic mass is 10.1. The van der Waals surface area contributed by atoms with Crippen LogP contribution in [0.15, 0.2) is 24.3 Å². The Morgan fingerprint density at radius 1 is 1.29 bits per heavy atom. The van der Waals surface area contributed by atoms with E-state index in [2.05, 4.69) is 21.5 Å². The van der Waals surface area contributed by atoms with Crippen molar-refractivity contribution in [3.05, 3.63) is 63.9 Å². The number of hydrogen-bond donors (Lipinski definition) is 3. The Balaban J connectivity index is 1.66. The molecule has 2 heterocycles. The molecule has 0 bridgehead atoms. The van der Waals surface area contributed by atoms with Gasteiger partial charge in [0, 0.05) is 17.8 Å². The molecule has 160 valence electrons. The summed E-state index contributed by atoms with van der Waals surface area (Å²) in [5.74, 6) is -0.593. The molecule has 1 aromatic carbocycles. The molecule has 0 saturated carbocycles. The summed E-state index contributed by atoms with van der Waals surface area (Å²) in [6, 6.07) is 7.70. The van der Waals surface area contributed by atoms with Crippen LogP contribution in [-0.2, 0) is 6.42 Å². The minimum Gasteiger partial charge on any atom is -0.382 e. The molecular formula is C22H23FN6O2. The van der Waals surface area contributed by atoms with Gasteiger partial charge in [0.05, 0.1) is 11.4 Å². The standard InChI is InChI=1S/C22H23FN6O2/c1-12-19(14(3)30)13(2)27-20(12)22(31)26-10-4-5-18-17(11-24)21(25)29(28-18)16-8-6-15(23)7-9-16/h6-9,27H,4-5,10,25H2,1-3H3,(H,26,31). The van der Waals surface area contributed by atoms with Gasteiger partial charge in [-0.3, -0.25) is 9.59 Å². The first kappa shape index (κ1) is 21.8. The largest absolute Gasteiger partial charge is 0.382 e. The minimum absolute atomic E-state index is 0.0938. The van der Waals surface area contributed by atoms with E-state index in [0.29, 0.717) is 53.3 Å². The highest BCUT2D eigenvalue weighted by Gasteiger charge is 2.20. The lowest BCUT2D eigenvalue weighted by Gasteiger charge is -2.05. The number of nitrogens with zero attached hydrogens (tertiary/aromatic N) is 3. The SMILES string of the molecule is CC(=O)c1c(C)[nH]c(C(=O)NCCCc2nn(-c3ccc(F)cc3)c(N)c2C#N)c1C. The van der Waals surface area contributed by atoms with E-state index in [-0.39, 0.29) is 28.9 Å². The number of aryl methyl sites for hydroxylation is 2. The number of nitrogen functional groups attached to an aromatic ring is 1. The Hall–Kier alpha value is -3.93. The van der Waals surface area contributed by atoms with Crippen LogP contribution < -0.4 is 11.1 Å². The Labute approximate surface area is 178 Å². The molecule has 4 N–H and O–H groups in total. The summed E-state index contributed by atoms with van der Waals surface area (Å²) < 4.78 is 14.6. The molecule has 3 aromatic rings. The van der Waals surface area contributed by atoms with Gasteiger partial charge in [-0.25, -0.2) is 9.07 Å². The summed E-state index contributed by atoms with van der Waals surface area (Å²) >= 11 is 0. The van der Waals surface area contributed by atoms with Gasteiger partial charge < -0.3 is 16.0 Å². The number of amides is 1. The van der Waals surface area contributed by atoms with E-state index in [0.717, 1.165) is 0 Å². The highest BCUT2D eigenvalue weighted by Crippen LogP contribution is 2.22. The van der Waals surface area contributed by atoms with E-state index in [9.17, 15) is 19.2 Å². The van der Waals surface area contributed by atoms with Crippen LogP contribution in [0.3, 0.4) is 0 Å². The summed E-state index contributed by atoms with van der Waals surface area (Å²) in [5, 5.41) is 16.7. The van der Waals surface area contributed by atoms with Crippen molar-refractivity contribution in [2.24, 2.45) is 0 Å². The van der Waals surface area contributed by atoms with Crippen molar-refractivity contribution in [2.45, 2.75) is 33.6 Å². The van der Waals surface area contributed by atoms with Crippen LogP contribution in [0.4, 0.5) is 10.2 Å². The number of carbonyl (C=O) groups excluding carboxylic acids is 2. The third-order valence-electron chi connectivity index (χ3n) is 5.07. The van der Waals surface area contributed by atoms with Crippen molar-refractivity contribution in [3.8, 4) is 11.8 Å². The number of aromatic amines is 1. The molecule has 2 aromatic heterocycles. The second-order valence-electron chi connectivity index (χ2n) is 7.25. The third-order valence-corrected chi connectivity index (χ3v) is 5.07. The lowest BCUT2D eigenvalue weighted by molar-refractivity contribution is 0.0948. The summed E-state index contributed by atoms with van der Waals surface area (Å²) in [4.78, 5) is 27.2. The Morgan fingerprint density at radius 2 is 1.97 bits per heavy atom. The third kappa shape index (κ3) is 4.33. The summed E-state index contributed by atoms with van der Waals surface area (Å²) in [5.41, 5.74) is 9.56. The number of nitrogens with two attached hydrogens (primary N) is 1. The fraction of sp³-hybridized carbons (Fsp3) is 0.273. The van der Waals surface area contributed by atoms with Gasteiger partial charge in [0.25, 0.3) is 5.91 Å². The molecule has 0 aliphatic rings.